The third-order valence-corrected chi connectivity index (χ3v) is 6.76. The summed E-state index contributed by atoms with van der Waals surface area (Å²) in [6, 6.07) is 6.54. The number of nitrogens with one attached hydrogen (secondary N) is 1. The second-order valence-corrected chi connectivity index (χ2v) is 9.16. The van der Waals surface area contributed by atoms with E-state index >= 15 is 0 Å². The van der Waals surface area contributed by atoms with Gasteiger partial charge in [-0.25, -0.2) is 13.2 Å². The molecule has 1 amide bonds. The Balaban J connectivity index is 0.00000233. The van der Waals surface area contributed by atoms with Crippen LogP contribution in [0.25, 0.3) is 0 Å². The van der Waals surface area contributed by atoms with Gasteiger partial charge in [0.15, 0.2) is 0 Å². The molecule has 31 heavy (non-hydrogen) atoms. The van der Waals surface area contributed by atoms with Gasteiger partial charge in [-0.2, -0.15) is 4.31 Å². The van der Waals surface area contributed by atoms with Gasteiger partial charge in [-0.3, -0.25) is 9.59 Å². The summed E-state index contributed by atoms with van der Waals surface area (Å²) in [7, 11) is -3.73. The number of hydrogen-bond acceptors (Lipinski definition) is 5. The van der Waals surface area contributed by atoms with Gasteiger partial charge in [0.1, 0.15) is 17.9 Å². The van der Waals surface area contributed by atoms with Crippen molar-refractivity contribution in [3.63, 3.8) is 0 Å². The summed E-state index contributed by atoms with van der Waals surface area (Å²) in [6.07, 6.45) is 1.96. The van der Waals surface area contributed by atoms with Crippen LogP contribution in [0.1, 0.15) is 64.9 Å². The molecule has 0 spiro atoms. The number of carbonyl (C=O) groups excluding carboxylic acids is 2. The molecule has 1 fully saturated rings. The van der Waals surface area contributed by atoms with Gasteiger partial charge in [-0.05, 0) is 31.2 Å². The molecule has 0 aromatic heterocycles. The largest absolute Gasteiger partial charge is 0.480 e. The van der Waals surface area contributed by atoms with Crippen molar-refractivity contribution in [1.82, 2.24) is 9.62 Å². The fraction of sp³-hybridized carbons (Fsp3) is 0.591. The maximum atomic E-state index is 12.8. The molecular weight excluding hydrogens is 420 g/mol. The molecule has 2 unspecified atom stereocenters. The van der Waals surface area contributed by atoms with E-state index in [2.05, 4.69) is 5.32 Å². The number of ketones is 1. The summed E-state index contributed by atoms with van der Waals surface area (Å²) >= 11 is 0. The van der Waals surface area contributed by atoms with Crippen molar-refractivity contribution in [1.29, 1.82) is 0 Å². The summed E-state index contributed by atoms with van der Waals surface area (Å²) < 4.78 is 26.8. The van der Waals surface area contributed by atoms with E-state index in [9.17, 15) is 27.9 Å². The van der Waals surface area contributed by atoms with Crippen molar-refractivity contribution in [3.05, 3.63) is 35.9 Å². The van der Waals surface area contributed by atoms with Crippen molar-refractivity contribution in [2.24, 2.45) is 0 Å². The molecule has 2 atom stereocenters. The number of aliphatic carboxylic acids is 1. The van der Waals surface area contributed by atoms with E-state index in [1.54, 1.807) is 30.3 Å². The number of carbonyl (C=O) groups is 3. The van der Waals surface area contributed by atoms with Crippen LogP contribution in [0, 0.1) is 0 Å². The van der Waals surface area contributed by atoms with E-state index < -0.39 is 34.0 Å². The first kappa shape index (κ1) is 26.8. The van der Waals surface area contributed by atoms with Gasteiger partial charge in [0.05, 0.1) is 5.75 Å². The summed E-state index contributed by atoms with van der Waals surface area (Å²) in [6.45, 7) is 6.08. The van der Waals surface area contributed by atoms with E-state index in [1.807, 2.05) is 20.8 Å². The Morgan fingerprint density at radius 3 is 2.39 bits per heavy atom. The number of sulfonamides is 1. The third kappa shape index (κ3) is 8.41. The average Bonchev–Trinajstić information content (AvgIpc) is 3.24. The zero-order valence-electron chi connectivity index (χ0n) is 18.5. The van der Waals surface area contributed by atoms with Gasteiger partial charge in [0.25, 0.3) is 0 Å². The number of benzene rings is 1. The predicted molar refractivity (Wildman–Crippen MR) is 119 cm³/mol. The van der Waals surface area contributed by atoms with Crippen molar-refractivity contribution in [3.8, 4) is 0 Å². The maximum Gasteiger partial charge on any atom is 0.326 e. The Kier molecular flexibility index (Phi) is 11.4. The molecule has 0 aliphatic carbocycles. The highest BCUT2D eigenvalue weighted by Gasteiger charge is 2.39. The second kappa shape index (κ2) is 13.2. The lowest BCUT2D eigenvalue weighted by Crippen LogP contribution is -2.51. The second-order valence-electron chi connectivity index (χ2n) is 7.24. The lowest BCUT2D eigenvalue weighted by atomic mass is 10.1. The Labute approximate surface area is 185 Å². The Morgan fingerprint density at radius 2 is 1.81 bits per heavy atom. The molecule has 0 saturated carbocycles. The first-order valence-electron chi connectivity index (χ1n) is 10.8. The summed E-state index contributed by atoms with van der Waals surface area (Å²) in [4.78, 5) is 35.8. The molecule has 2 rings (SSSR count). The molecule has 1 heterocycles. The normalized spacial score (nSPS) is 17.3. The molecule has 9 heteroatoms. The smallest absolute Gasteiger partial charge is 0.326 e. The van der Waals surface area contributed by atoms with Gasteiger partial charge >= 0.3 is 5.97 Å². The van der Waals surface area contributed by atoms with E-state index in [1.165, 1.54) is 0 Å². The molecule has 174 valence electrons. The molecule has 0 radical (unpaired) electrons. The maximum absolute atomic E-state index is 12.8. The summed E-state index contributed by atoms with van der Waals surface area (Å²) in [5.41, 5.74) is 0.622. The Bertz CT molecular complexity index is 826. The Morgan fingerprint density at radius 1 is 1.16 bits per heavy atom. The van der Waals surface area contributed by atoms with Crippen LogP contribution in [0.2, 0.25) is 0 Å². The molecule has 1 aliphatic rings. The van der Waals surface area contributed by atoms with Crippen LogP contribution in [-0.4, -0.2) is 54.1 Å². The van der Waals surface area contributed by atoms with Gasteiger partial charge in [-0.15, -0.1) is 0 Å². The molecule has 1 aromatic carbocycles. The van der Waals surface area contributed by atoms with E-state index in [4.69, 9.17) is 0 Å². The number of amides is 1. The summed E-state index contributed by atoms with van der Waals surface area (Å²) in [5.74, 6) is -2.14. The zero-order chi connectivity index (χ0) is 23.4. The molecular formula is C22H34N2O6S. The number of carboxylic acid groups (broad SMARTS) is 1. The molecule has 1 aliphatic heterocycles. The van der Waals surface area contributed by atoms with E-state index in [-0.39, 0.29) is 30.9 Å². The van der Waals surface area contributed by atoms with E-state index in [0.717, 1.165) is 4.31 Å². The minimum Gasteiger partial charge on any atom is -0.480 e. The fourth-order valence-corrected chi connectivity index (χ4v) is 5.21. The highest BCUT2D eigenvalue weighted by atomic mass is 32.2. The number of hydrogen-bond donors (Lipinski definition) is 2. The lowest BCUT2D eigenvalue weighted by Gasteiger charge is -2.25. The SMILES string of the molecule is CC.CCCC(=O)CCC(NC(=O)C1CCCN1S(=O)(=O)Cc1ccccc1)C(=O)O. The number of Topliss-reactive ketones (excluding diaryl/α,β-unsaturated/α-hetero) is 1. The van der Waals surface area contributed by atoms with Crippen LogP contribution in [-0.2, 0) is 30.2 Å². The van der Waals surface area contributed by atoms with Gasteiger partial charge in [0.2, 0.25) is 15.9 Å². The van der Waals surface area contributed by atoms with Crippen LogP contribution in [0.15, 0.2) is 30.3 Å². The number of rotatable bonds is 11. The summed E-state index contributed by atoms with van der Waals surface area (Å²) in [5, 5.41) is 11.8. The van der Waals surface area contributed by atoms with Gasteiger partial charge in [0, 0.05) is 19.4 Å². The first-order chi connectivity index (χ1) is 14.7. The lowest BCUT2D eigenvalue weighted by molar-refractivity contribution is -0.142. The molecule has 1 saturated heterocycles. The zero-order valence-corrected chi connectivity index (χ0v) is 19.4. The van der Waals surface area contributed by atoms with Crippen LogP contribution in [0.5, 0.6) is 0 Å². The third-order valence-electron chi connectivity index (χ3n) is 4.91. The fourth-order valence-electron chi connectivity index (χ4n) is 3.44. The molecule has 2 N–H and O–H groups in total. The van der Waals surface area contributed by atoms with Gasteiger partial charge < -0.3 is 10.4 Å². The molecule has 1 aromatic rings. The minimum absolute atomic E-state index is 0.0105. The average molecular weight is 455 g/mol. The quantitative estimate of drug-likeness (QED) is 0.530. The van der Waals surface area contributed by atoms with Crippen LogP contribution < -0.4 is 5.32 Å². The topological polar surface area (TPSA) is 121 Å². The monoisotopic (exact) mass is 454 g/mol. The van der Waals surface area contributed by atoms with E-state index in [0.29, 0.717) is 31.2 Å². The number of carboxylic acids is 1. The Hall–Kier alpha value is -2.26. The highest BCUT2D eigenvalue weighted by molar-refractivity contribution is 7.88. The molecule has 0 bridgehead atoms. The standard InChI is InChI=1S/C20H28N2O6S.C2H6/c1-2-7-16(23)11-12-17(20(25)26)21-19(24)18-10-6-13-22(18)29(27,28)14-15-8-4-3-5-9-15;1-2/h3-5,8-9,17-18H,2,6-7,10-14H2,1H3,(H,21,24)(H,25,26);1-2H3. The van der Waals surface area contributed by atoms with Crippen molar-refractivity contribution >= 4 is 27.7 Å². The van der Waals surface area contributed by atoms with Gasteiger partial charge in [-0.1, -0.05) is 51.1 Å². The predicted octanol–water partition coefficient (Wildman–Crippen LogP) is 2.73. The minimum atomic E-state index is -3.73. The van der Waals surface area contributed by atoms with Crippen LogP contribution >= 0.6 is 0 Å². The molecule has 8 nitrogen and oxygen atoms in total. The van der Waals surface area contributed by atoms with Crippen LogP contribution in [0.3, 0.4) is 0 Å². The van der Waals surface area contributed by atoms with Crippen molar-refractivity contribution < 1.29 is 27.9 Å². The highest BCUT2D eigenvalue weighted by Crippen LogP contribution is 2.24. The van der Waals surface area contributed by atoms with Crippen molar-refractivity contribution in [2.75, 3.05) is 6.54 Å². The first-order valence-corrected chi connectivity index (χ1v) is 12.4. The van der Waals surface area contributed by atoms with Crippen molar-refractivity contribution in [2.45, 2.75) is 77.1 Å². The number of nitrogens with zero attached hydrogens (tertiary/aromatic N) is 1. The van der Waals surface area contributed by atoms with Crippen LogP contribution in [0.4, 0.5) is 0 Å².